The van der Waals surface area contributed by atoms with E-state index in [0.717, 1.165) is 17.2 Å². The Balaban J connectivity index is 0.000000288. The van der Waals surface area contributed by atoms with Crippen molar-refractivity contribution in [2.24, 2.45) is 10.8 Å². The predicted molar refractivity (Wildman–Crippen MR) is 279 cm³/mol. The first-order chi connectivity index (χ1) is 36.5. The molecule has 0 saturated carbocycles. The summed E-state index contributed by atoms with van der Waals surface area (Å²) in [6.45, 7) is 21.4. The number of Topliss-reactive ketones (excluding diaryl/α,β-unsaturated/α-hetero) is 1. The molecule has 0 aliphatic rings. The van der Waals surface area contributed by atoms with E-state index in [0.29, 0.717) is 57.7 Å². The molecule has 2 atom stereocenters. The van der Waals surface area contributed by atoms with Crippen molar-refractivity contribution in [1.29, 1.82) is 0 Å². The number of aromatic nitrogens is 4. The van der Waals surface area contributed by atoms with Crippen LogP contribution in [0.15, 0.2) is 90.9 Å². The fourth-order valence-electron chi connectivity index (χ4n) is 7.89. The van der Waals surface area contributed by atoms with E-state index >= 15 is 0 Å². The highest BCUT2D eigenvalue weighted by atomic mass is 19.3. The molecular weight excluding hydrogens is 1020 g/mol. The van der Waals surface area contributed by atoms with E-state index in [-0.39, 0.29) is 59.2 Å². The summed E-state index contributed by atoms with van der Waals surface area (Å²) in [5.74, 6) is -7.05. The lowest BCUT2D eigenvalue weighted by atomic mass is 9.86. The third-order valence-electron chi connectivity index (χ3n) is 11.8. The van der Waals surface area contributed by atoms with Gasteiger partial charge in [-0.25, -0.2) is 8.78 Å². The average molecular weight is 1090 g/mol. The largest absolute Gasteiger partial charge is 0.460 e. The summed E-state index contributed by atoms with van der Waals surface area (Å²) in [4.78, 5) is 50.1. The Hall–Kier alpha value is -6.80. The lowest BCUT2D eigenvalue weighted by molar-refractivity contribution is -0.156. The summed E-state index contributed by atoms with van der Waals surface area (Å²) in [7, 11) is 0. The van der Waals surface area contributed by atoms with Crippen LogP contribution in [0.25, 0.3) is 22.9 Å². The van der Waals surface area contributed by atoms with Gasteiger partial charge < -0.3 is 37.0 Å². The molecule has 0 spiro atoms. The van der Waals surface area contributed by atoms with Crippen molar-refractivity contribution < 1.29 is 73.8 Å². The third-order valence-corrected chi connectivity index (χ3v) is 11.8. The predicted octanol–water partition coefficient (Wildman–Crippen LogP) is 14.4. The highest BCUT2D eigenvalue weighted by Crippen LogP contribution is 2.47. The van der Waals surface area contributed by atoms with Crippen LogP contribution in [-0.2, 0) is 47.7 Å². The summed E-state index contributed by atoms with van der Waals surface area (Å²) >= 11 is 0. The van der Waals surface area contributed by atoms with E-state index in [1.807, 2.05) is 60.7 Å². The zero-order chi connectivity index (χ0) is 57.6. The van der Waals surface area contributed by atoms with Crippen molar-refractivity contribution in [3.8, 4) is 22.9 Å². The van der Waals surface area contributed by atoms with Crippen LogP contribution >= 0.6 is 0 Å². The van der Waals surface area contributed by atoms with Gasteiger partial charge in [-0.15, -0.1) is 0 Å². The molecule has 0 amide bonds. The first-order valence-corrected chi connectivity index (χ1v) is 25.8. The van der Waals surface area contributed by atoms with Crippen molar-refractivity contribution in [2.75, 3.05) is 13.2 Å². The van der Waals surface area contributed by atoms with E-state index in [1.165, 1.54) is 26.8 Å². The molecule has 6 aromatic rings. The highest BCUT2D eigenvalue weighted by molar-refractivity contribution is 5.98. The van der Waals surface area contributed by atoms with Crippen molar-refractivity contribution in [3.05, 3.63) is 118 Å². The first-order valence-electron chi connectivity index (χ1n) is 25.8. The maximum absolute atomic E-state index is 14.8. The van der Waals surface area contributed by atoms with Crippen molar-refractivity contribution >= 4 is 24.0 Å². The zero-order valence-electron chi connectivity index (χ0n) is 46.5. The number of hydrogen-bond donors (Lipinski definition) is 0. The molecule has 0 aliphatic carbocycles. The molecule has 4 heterocycles. The van der Waals surface area contributed by atoms with Gasteiger partial charge in [-0.2, -0.15) is 8.78 Å². The summed E-state index contributed by atoms with van der Waals surface area (Å²) in [6.07, 6.45) is -0.890. The lowest BCUT2D eigenvalue weighted by Gasteiger charge is -2.27. The van der Waals surface area contributed by atoms with Crippen LogP contribution in [0, 0.1) is 10.8 Å². The second-order valence-corrected chi connectivity index (χ2v) is 22.9. The van der Waals surface area contributed by atoms with Crippen molar-refractivity contribution in [2.45, 2.75) is 170 Å². The molecule has 2 aromatic carbocycles. The molecule has 78 heavy (non-hydrogen) atoms. The fourth-order valence-corrected chi connectivity index (χ4v) is 7.89. The van der Waals surface area contributed by atoms with Gasteiger partial charge in [-0.1, -0.05) is 123 Å². The van der Waals surface area contributed by atoms with Crippen LogP contribution in [-0.4, -0.2) is 69.1 Å². The first kappa shape index (κ1) is 62.0. The van der Waals surface area contributed by atoms with Gasteiger partial charge in [0, 0.05) is 48.0 Å². The molecule has 0 aliphatic heterocycles. The number of carbonyl (C=O) groups excluding carboxylic acids is 4. The highest BCUT2D eigenvalue weighted by Gasteiger charge is 2.49. The van der Waals surface area contributed by atoms with Gasteiger partial charge in [0.2, 0.25) is 17.3 Å². The maximum atomic E-state index is 14.8. The topological polar surface area (TPSA) is 209 Å². The molecule has 16 nitrogen and oxygen atoms in total. The van der Waals surface area contributed by atoms with Gasteiger partial charge in [-0.05, 0) is 78.4 Å². The Morgan fingerprint density at radius 2 is 1.06 bits per heavy atom. The van der Waals surface area contributed by atoms with Crippen LogP contribution in [0.1, 0.15) is 195 Å². The number of alkyl halides is 4. The quantitative estimate of drug-likeness (QED) is 0.0181. The van der Waals surface area contributed by atoms with Gasteiger partial charge in [0.1, 0.15) is 11.2 Å². The number of benzene rings is 2. The number of halogens is 4. The minimum atomic E-state index is -3.43. The number of hydrogen-bond acceptors (Lipinski definition) is 16. The van der Waals surface area contributed by atoms with Crippen LogP contribution < -0.4 is 0 Å². The number of aldehydes is 1. The standard InChI is InChI=1S/C29H36F4N2O5.C29H36N2O7/c1-27(2,3)29(32,33)21-16-20(34-39-21)25-23(26(30)31)24(35-40-25)19(15-22(36)38-28(4,5)6)13-10-14-37-17-18-11-8-7-9-12-18;1-28(2,3)27(34)23-16-22(30-37-23)26-21(17-32)25(31-38-26)20(15-24(33)36-29(4,5)6)13-10-14-35-18-19-11-8-7-9-12-19/h7-9,11-12,16,19,26H,10,13-15,17H2,1-6H3;7-9,11-12,16-17,20H,10,13-15,18H2,1-6H3/t19-;20-/m00/s1. The van der Waals surface area contributed by atoms with Crippen LogP contribution in [0.3, 0.4) is 0 Å². The number of esters is 2. The summed E-state index contributed by atoms with van der Waals surface area (Å²) in [5, 5.41) is 15.5. The average Bonchev–Trinajstić information content (AvgIpc) is 4.29. The summed E-state index contributed by atoms with van der Waals surface area (Å²) < 4.78 is 102. The molecule has 0 N–H and O–H groups in total. The van der Waals surface area contributed by atoms with Gasteiger partial charge in [-0.3, -0.25) is 19.2 Å². The second kappa shape index (κ2) is 26.7. The summed E-state index contributed by atoms with van der Waals surface area (Å²) in [6, 6.07) is 21.7. The number of nitrogens with zero attached hydrogens (tertiary/aromatic N) is 4. The number of carbonyl (C=O) groups is 4. The smallest absolute Gasteiger partial charge is 0.312 e. The fraction of sp³-hybridized carbons (Fsp3) is 0.517. The van der Waals surface area contributed by atoms with E-state index in [1.54, 1.807) is 62.3 Å². The van der Waals surface area contributed by atoms with Gasteiger partial charge in [0.05, 0.1) is 48.6 Å². The van der Waals surface area contributed by atoms with E-state index in [2.05, 4.69) is 20.6 Å². The zero-order valence-corrected chi connectivity index (χ0v) is 46.5. The molecule has 0 unspecified atom stereocenters. The van der Waals surface area contributed by atoms with Gasteiger partial charge >= 0.3 is 17.9 Å². The number of ketones is 1. The Bertz CT molecular complexity index is 2870. The molecule has 4 aromatic heterocycles. The Labute approximate surface area is 452 Å². The van der Waals surface area contributed by atoms with E-state index < -0.39 is 75.2 Å². The van der Waals surface area contributed by atoms with Gasteiger partial charge in [0.15, 0.2) is 29.2 Å². The molecule has 424 valence electrons. The molecule has 20 heteroatoms. The lowest BCUT2D eigenvalue weighted by Crippen LogP contribution is -2.30. The maximum Gasteiger partial charge on any atom is 0.312 e. The Morgan fingerprint density at radius 1 is 0.603 bits per heavy atom. The van der Waals surface area contributed by atoms with Crippen LogP contribution in [0.2, 0.25) is 0 Å². The minimum Gasteiger partial charge on any atom is -0.460 e. The second-order valence-electron chi connectivity index (χ2n) is 22.9. The van der Waals surface area contributed by atoms with E-state index in [9.17, 15) is 36.7 Å². The van der Waals surface area contributed by atoms with E-state index in [4.69, 9.17) is 37.0 Å². The normalized spacial score (nSPS) is 13.2. The SMILES string of the molecule is CC(C)(C)OC(=O)C[C@H](CCCOCc1ccccc1)c1noc(-c2cc(C(=O)C(C)(C)C)on2)c1C=O.CC(C)(C)OC(=O)C[C@H](CCCOCc1ccccc1)c1noc(-c2cc(C(F)(F)C(C)(C)C)on2)c1C(F)F. The Morgan fingerprint density at radius 3 is 1.53 bits per heavy atom. The van der Waals surface area contributed by atoms with Crippen molar-refractivity contribution in [1.82, 2.24) is 20.6 Å². The molecule has 0 bridgehead atoms. The molecule has 0 radical (unpaired) electrons. The molecular formula is C58H72F4N4O12. The van der Waals surface area contributed by atoms with Crippen LogP contribution in [0.5, 0.6) is 0 Å². The van der Waals surface area contributed by atoms with Gasteiger partial charge in [0.25, 0.3) is 6.43 Å². The molecule has 6 rings (SSSR count). The van der Waals surface area contributed by atoms with Crippen molar-refractivity contribution in [3.63, 3.8) is 0 Å². The Kier molecular flexibility index (Phi) is 21.2. The summed E-state index contributed by atoms with van der Waals surface area (Å²) in [5.41, 5.74) is -2.02. The number of rotatable bonds is 24. The molecule has 0 fully saturated rings. The number of ether oxygens (including phenoxy) is 4. The monoisotopic (exact) mass is 1090 g/mol. The third kappa shape index (κ3) is 17.9. The van der Waals surface area contributed by atoms with Crippen LogP contribution in [0.4, 0.5) is 17.6 Å². The molecule has 0 saturated heterocycles. The minimum absolute atomic E-state index is 0.00927.